The number of amides is 3. The molecule has 0 saturated carbocycles. The summed E-state index contributed by atoms with van der Waals surface area (Å²) in [6.07, 6.45) is 1.90. The predicted octanol–water partition coefficient (Wildman–Crippen LogP) is 1.01. The molecule has 2 rings (SSSR count). The van der Waals surface area contributed by atoms with Crippen molar-refractivity contribution in [2.45, 2.75) is 59.0 Å². The second kappa shape index (κ2) is 7.32. The first-order chi connectivity index (χ1) is 10.8. The number of carbonyl (C=O) groups is 3. The predicted molar refractivity (Wildman–Crippen MR) is 87.5 cm³/mol. The molecule has 1 N–H and O–H groups in total. The number of piperidine rings is 1. The van der Waals surface area contributed by atoms with Crippen molar-refractivity contribution in [2.24, 2.45) is 11.8 Å². The maximum atomic E-state index is 12.4. The number of carbonyl (C=O) groups excluding carboxylic acids is 3. The summed E-state index contributed by atoms with van der Waals surface area (Å²) >= 11 is 0. The summed E-state index contributed by atoms with van der Waals surface area (Å²) in [5.74, 6) is 0.0178. The lowest BCUT2D eigenvalue weighted by atomic mass is 10.0. The van der Waals surface area contributed by atoms with E-state index < -0.39 is 0 Å². The molecule has 2 aliphatic heterocycles. The lowest BCUT2D eigenvalue weighted by Crippen LogP contribution is -2.49. The normalized spacial score (nSPS) is 23.0. The van der Waals surface area contributed by atoms with Gasteiger partial charge in [-0.05, 0) is 26.7 Å². The Hall–Kier alpha value is -1.59. The topological polar surface area (TPSA) is 69.7 Å². The second-order valence-electron chi connectivity index (χ2n) is 7.30. The summed E-state index contributed by atoms with van der Waals surface area (Å²) in [6, 6.07) is 0.257. The molecule has 2 heterocycles. The van der Waals surface area contributed by atoms with Crippen molar-refractivity contribution in [3.8, 4) is 0 Å². The number of nitrogens with zero attached hydrogens (tertiary/aromatic N) is 2. The summed E-state index contributed by atoms with van der Waals surface area (Å²) in [7, 11) is 0. The quantitative estimate of drug-likeness (QED) is 0.839. The molecule has 2 aliphatic rings. The first-order valence-corrected chi connectivity index (χ1v) is 8.68. The van der Waals surface area contributed by atoms with E-state index in [1.807, 2.05) is 32.6 Å². The van der Waals surface area contributed by atoms with Gasteiger partial charge in [0.15, 0.2) is 0 Å². The van der Waals surface area contributed by atoms with Crippen molar-refractivity contribution in [3.63, 3.8) is 0 Å². The van der Waals surface area contributed by atoms with Crippen molar-refractivity contribution in [3.05, 3.63) is 0 Å². The van der Waals surface area contributed by atoms with Crippen LogP contribution >= 0.6 is 0 Å². The third-order valence-corrected chi connectivity index (χ3v) is 4.80. The van der Waals surface area contributed by atoms with Crippen LogP contribution in [0.25, 0.3) is 0 Å². The van der Waals surface area contributed by atoms with Gasteiger partial charge in [-0.15, -0.1) is 0 Å². The van der Waals surface area contributed by atoms with Crippen LogP contribution in [0, 0.1) is 11.8 Å². The highest BCUT2D eigenvalue weighted by Gasteiger charge is 2.36. The molecule has 0 bridgehead atoms. The average Bonchev–Trinajstić information content (AvgIpc) is 2.89. The molecule has 1 unspecified atom stereocenters. The Labute approximate surface area is 138 Å². The Morgan fingerprint density at radius 2 is 1.74 bits per heavy atom. The number of hydrogen-bond acceptors (Lipinski definition) is 3. The van der Waals surface area contributed by atoms with Gasteiger partial charge in [0, 0.05) is 44.1 Å². The fourth-order valence-corrected chi connectivity index (χ4v) is 3.33. The van der Waals surface area contributed by atoms with Gasteiger partial charge in [0.25, 0.3) is 0 Å². The summed E-state index contributed by atoms with van der Waals surface area (Å²) < 4.78 is 0. The van der Waals surface area contributed by atoms with E-state index in [2.05, 4.69) is 5.32 Å². The molecule has 1 atom stereocenters. The van der Waals surface area contributed by atoms with E-state index in [1.165, 1.54) is 0 Å². The fraction of sp³-hybridized carbons (Fsp3) is 0.824. The Morgan fingerprint density at radius 3 is 2.22 bits per heavy atom. The first-order valence-electron chi connectivity index (χ1n) is 8.68. The zero-order valence-corrected chi connectivity index (χ0v) is 14.7. The molecular formula is C17H29N3O3. The summed E-state index contributed by atoms with van der Waals surface area (Å²) in [4.78, 5) is 39.9. The van der Waals surface area contributed by atoms with Gasteiger partial charge < -0.3 is 15.1 Å². The Kier molecular flexibility index (Phi) is 5.65. The van der Waals surface area contributed by atoms with Crippen LogP contribution in [0.4, 0.5) is 0 Å². The van der Waals surface area contributed by atoms with E-state index in [4.69, 9.17) is 0 Å². The molecule has 0 spiro atoms. The molecular weight excluding hydrogens is 294 g/mol. The maximum absolute atomic E-state index is 12.4. The minimum atomic E-state index is -0.236. The van der Waals surface area contributed by atoms with E-state index in [9.17, 15) is 14.4 Å². The summed E-state index contributed by atoms with van der Waals surface area (Å²) in [6.45, 7) is 9.68. The van der Waals surface area contributed by atoms with Crippen molar-refractivity contribution in [2.75, 3.05) is 19.6 Å². The number of rotatable bonds is 4. The Balaban J connectivity index is 1.80. The minimum absolute atomic E-state index is 0.0184. The monoisotopic (exact) mass is 323 g/mol. The SMILES string of the molecule is CC(C)C(=O)N1CCC(NC(=O)C2CC(=O)N(C(C)C)C2)CC1. The van der Waals surface area contributed by atoms with Crippen LogP contribution in [-0.2, 0) is 14.4 Å². The van der Waals surface area contributed by atoms with E-state index in [0.29, 0.717) is 26.1 Å². The zero-order valence-electron chi connectivity index (χ0n) is 14.7. The minimum Gasteiger partial charge on any atom is -0.353 e. The van der Waals surface area contributed by atoms with Crippen LogP contribution in [0.3, 0.4) is 0 Å². The third-order valence-electron chi connectivity index (χ3n) is 4.80. The largest absolute Gasteiger partial charge is 0.353 e. The molecule has 23 heavy (non-hydrogen) atoms. The third kappa shape index (κ3) is 4.24. The Bertz CT molecular complexity index is 468. The van der Waals surface area contributed by atoms with Gasteiger partial charge in [-0.2, -0.15) is 0 Å². The smallest absolute Gasteiger partial charge is 0.225 e. The molecule has 0 aromatic rings. The van der Waals surface area contributed by atoms with Gasteiger partial charge in [-0.25, -0.2) is 0 Å². The van der Waals surface area contributed by atoms with Gasteiger partial charge >= 0.3 is 0 Å². The van der Waals surface area contributed by atoms with Gasteiger partial charge in [-0.3, -0.25) is 14.4 Å². The summed E-state index contributed by atoms with van der Waals surface area (Å²) in [5, 5.41) is 3.07. The van der Waals surface area contributed by atoms with Gasteiger partial charge in [0.1, 0.15) is 0 Å². The van der Waals surface area contributed by atoms with Gasteiger partial charge in [0.05, 0.1) is 5.92 Å². The summed E-state index contributed by atoms with van der Waals surface area (Å²) in [5.41, 5.74) is 0. The molecule has 0 aromatic heterocycles. The highest BCUT2D eigenvalue weighted by Crippen LogP contribution is 2.21. The van der Waals surface area contributed by atoms with Crippen LogP contribution in [0.5, 0.6) is 0 Å². The van der Waals surface area contributed by atoms with Crippen LogP contribution in [0.2, 0.25) is 0 Å². The van der Waals surface area contributed by atoms with Crippen molar-refractivity contribution >= 4 is 17.7 Å². The van der Waals surface area contributed by atoms with Crippen molar-refractivity contribution in [1.82, 2.24) is 15.1 Å². The highest BCUT2D eigenvalue weighted by atomic mass is 16.2. The van der Waals surface area contributed by atoms with E-state index in [-0.39, 0.29) is 41.6 Å². The number of hydrogen-bond donors (Lipinski definition) is 1. The number of likely N-dealkylation sites (tertiary alicyclic amines) is 2. The van der Waals surface area contributed by atoms with Crippen molar-refractivity contribution in [1.29, 1.82) is 0 Å². The molecule has 0 aromatic carbocycles. The van der Waals surface area contributed by atoms with E-state index in [1.54, 1.807) is 4.90 Å². The van der Waals surface area contributed by atoms with Crippen molar-refractivity contribution < 1.29 is 14.4 Å². The zero-order chi connectivity index (χ0) is 17.1. The highest BCUT2D eigenvalue weighted by molar-refractivity contribution is 5.89. The first kappa shape index (κ1) is 17.8. The molecule has 6 heteroatoms. The maximum Gasteiger partial charge on any atom is 0.225 e. The average molecular weight is 323 g/mol. The number of nitrogens with one attached hydrogen (secondary N) is 1. The molecule has 130 valence electrons. The van der Waals surface area contributed by atoms with Crippen LogP contribution in [0.1, 0.15) is 47.0 Å². The lowest BCUT2D eigenvalue weighted by molar-refractivity contribution is -0.135. The molecule has 3 amide bonds. The molecule has 0 radical (unpaired) electrons. The molecule has 0 aliphatic carbocycles. The van der Waals surface area contributed by atoms with Crippen LogP contribution in [0.15, 0.2) is 0 Å². The molecule has 2 saturated heterocycles. The van der Waals surface area contributed by atoms with Gasteiger partial charge in [-0.1, -0.05) is 13.8 Å². The van der Waals surface area contributed by atoms with E-state index in [0.717, 1.165) is 12.8 Å². The second-order valence-corrected chi connectivity index (χ2v) is 7.30. The fourth-order valence-electron chi connectivity index (χ4n) is 3.33. The van der Waals surface area contributed by atoms with Crippen LogP contribution < -0.4 is 5.32 Å². The standard InChI is InChI=1S/C17H29N3O3/c1-11(2)17(23)19-7-5-14(6-8-19)18-16(22)13-9-15(21)20(10-13)12(3)4/h11-14H,5-10H2,1-4H3,(H,18,22). The Morgan fingerprint density at radius 1 is 1.13 bits per heavy atom. The molecule has 2 fully saturated rings. The van der Waals surface area contributed by atoms with Gasteiger partial charge in [0.2, 0.25) is 17.7 Å². The van der Waals surface area contributed by atoms with Crippen LogP contribution in [-0.4, -0.2) is 59.2 Å². The molecule has 6 nitrogen and oxygen atoms in total. The van der Waals surface area contributed by atoms with E-state index >= 15 is 0 Å². The lowest BCUT2D eigenvalue weighted by Gasteiger charge is -2.33.